The number of hydrogen-bond acceptors (Lipinski definition) is 6. The van der Waals surface area contributed by atoms with Crippen LogP contribution in [0.5, 0.6) is 0 Å². The summed E-state index contributed by atoms with van der Waals surface area (Å²) in [6.45, 7) is 1.18. The van der Waals surface area contributed by atoms with Gasteiger partial charge in [-0.3, -0.25) is 9.48 Å². The van der Waals surface area contributed by atoms with Gasteiger partial charge in [0, 0.05) is 6.20 Å². The fourth-order valence-corrected chi connectivity index (χ4v) is 5.29. The van der Waals surface area contributed by atoms with Gasteiger partial charge in [0.05, 0.1) is 19.2 Å². The maximum atomic E-state index is 12.5. The first-order valence-electron chi connectivity index (χ1n) is 5.90. The second kappa shape index (κ2) is 3.78. The zero-order valence-electron chi connectivity index (χ0n) is 10.5. The zero-order valence-corrected chi connectivity index (χ0v) is 11.3. The number of β-lactam (4-membered cyclic amide) rings is 1. The number of aliphatic carboxylic acids is 1. The van der Waals surface area contributed by atoms with E-state index >= 15 is 0 Å². The SMILES string of the molecule is CC1(Cn2ccnn2)[C@H](C(=O)O)N2C(=O)C[C@H]2S1(=O)=O. The van der Waals surface area contributed by atoms with Crippen molar-refractivity contribution in [1.82, 2.24) is 19.9 Å². The van der Waals surface area contributed by atoms with Crippen LogP contribution in [0.15, 0.2) is 12.4 Å². The van der Waals surface area contributed by atoms with Crippen molar-refractivity contribution in [3.05, 3.63) is 12.4 Å². The number of carbonyl (C=O) groups is 2. The normalized spacial score (nSPS) is 34.6. The predicted octanol–water partition coefficient (Wildman–Crippen LogP) is -1.52. The fraction of sp³-hybridized carbons (Fsp3) is 0.600. The van der Waals surface area contributed by atoms with Crippen LogP contribution in [0, 0.1) is 0 Å². The lowest BCUT2D eigenvalue weighted by Crippen LogP contribution is -2.58. The lowest BCUT2D eigenvalue weighted by atomic mass is 9.96. The van der Waals surface area contributed by atoms with E-state index in [1.165, 1.54) is 24.0 Å². The van der Waals surface area contributed by atoms with Crippen LogP contribution in [0.25, 0.3) is 0 Å². The van der Waals surface area contributed by atoms with Crippen LogP contribution in [-0.2, 0) is 26.0 Å². The van der Waals surface area contributed by atoms with Crippen LogP contribution in [-0.4, -0.2) is 61.5 Å². The van der Waals surface area contributed by atoms with Gasteiger partial charge in [-0.1, -0.05) is 5.21 Å². The molecule has 0 bridgehead atoms. The number of carbonyl (C=O) groups excluding carboxylic acids is 1. The first-order valence-corrected chi connectivity index (χ1v) is 7.45. The molecule has 1 unspecified atom stereocenters. The molecule has 0 aliphatic carbocycles. The van der Waals surface area contributed by atoms with Crippen LogP contribution in [0.4, 0.5) is 0 Å². The third kappa shape index (κ3) is 1.39. The third-order valence-corrected chi connectivity index (χ3v) is 6.76. The van der Waals surface area contributed by atoms with Crippen LogP contribution in [0.1, 0.15) is 13.3 Å². The lowest BCUT2D eigenvalue weighted by Gasteiger charge is -2.35. The summed E-state index contributed by atoms with van der Waals surface area (Å²) in [4.78, 5) is 24.0. The molecular weight excluding hydrogens is 288 g/mol. The first-order chi connectivity index (χ1) is 9.29. The maximum Gasteiger partial charge on any atom is 0.328 e. The summed E-state index contributed by atoms with van der Waals surface area (Å²) < 4.78 is 24.7. The second-order valence-corrected chi connectivity index (χ2v) is 7.73. The van der Waals surface area contributed by atoms with E-state index in [-0.39, 0.29) is 13.0 Å². The molecule has 1 aromatic heterocycles. The molecule has 1 amide bonds. The molecule has 1 aromatic rings. The van der Waals surface area contributed by atoms with Crippen molar-refractivity contribution in [3.8, 4) is 0 Å². The highest BCUT2D eigenvalue weighted by Gasteiger charge is 2.70. The highest BCUT2D eigenvalue weighted by Crippen LogP contribution is 2.46. The molecule has 0 saturated carbocycles. The van der Waals surface area contributed by atoms with Gasteiger partial charge in [0.2, 0.25) is 5.91 Å². The largest absolute Gasteiger partial charge is 0.480 e. The minimum absolute atomic E-state index is 0.154. The topological polar surface area (TPSA) is 122 Å². The van der Waals surface area contributed by atoms with Crippen molar-refractivity contribution < 1.29 is 23.1 Å². The maximum absolute atomic E-state index is 12.5. The smallest absolute Gasteiger partial charge is 0.328 e. The molecule has 3 heterocycles. The molecule has 1 N–H and O–H groups in total. The third-order valence-electron chi connectivity index (χ3n) is 3.99. The Kier molecular flexibility index (Phi) is 2.46. The van der Waals surface area contributed by atoms with Crippen molar-refractivity contribution >= 4 is 21.7 Å². The number of amides is 1. The highest BCUT2D eigenvalue weighted by molar-refractivity contribution is 7.93. The van der Waals surface area contributed by atoms with Crippen LogP contribution in [0.2, 0.25) is 0 Å². The first kappa shape index (κ1) is 13.0. The molecule has 0 radical (unpaired) electrons. The fourth-order valence-electron chi connectivity index (χ4n) is 2.93. The summed E-state index contributed by atoms with van der Waals surface area (Å²) in [5.74, 6) is -1.78. The predicted molar refractivity (Wildman–Crippen MR) is 64.0 cm³/mol. The Balaban J connectivity index is 2.10. The number of sulfone groups is 1. The number of nitrogens with zero attached hydrogens (tertiary/aromatic N) is 4. The molecule has 2 aliphatic heterocycles. The van der Waals surface area contributed by atoms with Gasteiger partial charge < -0.3 is 10.0 Å². The van der Waals surface area contributed by atoms with E-state index in [0.29, 0.717) is 0 Å². The number of carboxylic acids is 1. The molecule has 2 saturated heterocycles. The number of aromatic nitrogens is 3. The number of rotatable bonds is 3. The van der Waals surface area contributed by atoms with Gasteiger partial charge in [0.1, 0.15) is 10.1 Å². The zero-order chi connectivity index (χ0) is 14.7. The Morgan fingerprint density at radius 2 is 2.30 bits per heavy atom. The van der Waals surface area contributed by atoms with E-state index in [9.17, 15) is 23.1 Å². The molecule has 0 spiro atoms. The van der Waals surface area contributed by atoms with Crippen molar-refractivity contribution in [2.45, 2.75) is 36.1 Å². The minimum atomic E-state index is -3.80. The molecule has 20 heavy (non-hydrogen) atoms. The van der Waals surface area contributed by atoms with Crippen molar-refractivity contribution in [1.29, 1.82) is 0 Å². The Bertz CT molecular complexity index is 685. The van der Waals surface area contributed by atoms with E-state index in [4.69, 9.17) is 0 Å². The van der Waals surface area contributed by atoms with Crippen molar-refractivity contribution in [3.63, 3.8) is 0 Å². The van der Waals surface area contributed by atoms with Gasteiger partial charge in [-0.05, 0) is 6.92 Å². The average molecular weight is 300 g/mol. The van der Waals surface area contributed by atoms with E-state index in [0.717, 1.165) is 4.90 Å². The molecular formula is C10H12N4O5S. The summed E-state index contributed by atoms with van der Waals surface area (Å²) in [6, 6.07) is -1.40. The summed E-state index contributed by atoms with van der Waals surface area (Å²) in [5, 5.41) is 15.6. The van der Waals surface area contributed by atoms with E-state index in [2.05, 4.69) is 10.3 Å². The van der Waals surface area contributed by atoms with Crippen molar-refractivity contribution in [2.24, 2.45) is 0 Å². The van der Waals surface area contributed by atoms with Gasteiger partial charge in [-0.25, -0.2) is 13.2 Å². The Labute approximate surface area is 114 Å². The van der Waals surface area contributed by atoms with Gasteiger partial charge >= 0.3 is 5.97 Å². The second-order valence-electron chi connectivity index (χ2n) is 5.16. The molecule has 2 aliphatic rings. The lowest BCUT2D eigenvalue weighted by molar-refractivity contribution is -0.157. The van der Waals surface area contributed by atoms with E-state index in [1.54, 1.807) is 0 Å². The molecule has 3 atom stereocenters. The number of hydrogen-bond donors (Lipinski definition) is 1. The Morgan fingerprint density at radius 1 is 1.60 bits per heavy atom. The standard InChI is InChI=1S/C10H12N4O5S/c1-10(5-13-3-2-11-12-13)8(9(16)17)14-6(15)4-7(14)20(10,18)19/h2-3,7-8H,4-5H2,1H3,(H,16,17)/t7-,8+,10?/m1/s1. The van der Waals surface area contributed by atoms with E-state index in [1.807, 2.05) is 0 Å². The van der Waals surface area contributed by atoms with Gasteiger partial charge in [0.15, 0.2) is 15.9 Å². The van der Waals surface area contributed by atoms with Crippen molar-refractivity contribution in [2.75, 3.05) is 0 Å². The molecule has 10 heteroatoms. The number of carboxylic acid groups (broad SMARTS) is 1. The molecule has 0 aromatic carbocycles. The van der Waals surface area contributed by atoms with Gasteiger partial charge in [-0.15, -0.1) is 5.10 Å². The van der Waals surface area contributed by atoms with E-state index < -0.39 is 37.9 Å². The monoisotopic (exact) mass is 300 g/mol. The Morgan fingerprint density at radius 3 is 2.80 bits per heavy atom. The molecule has 108 valence electrons. The molecule has 2 fully saturated rings. The highest BCUT2D eigenvalue weighted by atomic mass is 32.2. The van der Waals surface area contributed by atoms with Crippen LogP contribution >= 0.6 is 0 Å². The molecule has 9 nitrogen and oxygen atoms in total. The van der Waals surface area contributed by atoms with Crippen LogP contribution in [0.3, 0.4) is 0 Å². The van der Waals surface area contributed by atoms with Crippen LogP contribution < -0.4 is 0 Å². The average Bonchev–Trinajstić information content (AvgIpc) is 2.87. The summed E-state index contributed by atoms with van der Waals surface area (Å²) >= 11 is 0. The number of fused-ring (bicyclic) bond motifs is 1. The van der Waals surface area contributed by atoms with Gasteiger partial charge in [0.25, 0.3) is 0 Å². The summed E-state index contributed by atoms with van der Waals surface area (Å²) in [6.07, 6.45) is 2.68. The summed E-state index contributed by atoms with van der Waals surface area (Å²) in [7, 11) is -3.80. The van der Waals surface area contributed by atoms with Gasteiger partial charge in [-0.2, -0.15) is 0 Å². The quantitative estimate of drug-likeness (QED) is 0.672. The Hall–Kier alpha value is -1.97. The summed E-state index contributed by atoms with van der Waals surface area (Å²) in [5.41, 5.74) is 0. The minimum Gasteiger partial charge on any atom is -0.480 e. The molecule has 3 rings (SSSR count).